The van der Waals surface area contributed by atoms with Crippen LogP contribution in [0.4, 0.5) is 4.39 Å². The number of halogens is 1. The first kappa shape index (κ1) is 26.0. The van der Waals surface area contributed by atoms with Gasteiger partial charge in [0, 0.05) is 17.5 Å². The van der Waals surface area contributed by atoms with Crippen molar-refractivity contribution in [3.05, 3.63) is 108 Å². The molecule has 0 spiro atoms. The first-order valence-corrected chi connectivity index (χ1v) is 13.0. The van der Waals surface area contributed by atoms with Crippen LogP contribution in [0.1, 0.15) is 53.8 Å². The van der Waals surface area contributed by atoms with Crippen LogP contribution >= 0.6 is 0 Å². The Hall–Kier alpha value is -4.65. The Balaban J connectivity index is 1.43. The highest BCUT2D eigenvalue weighted by molar-refractivity contribution is 5.98. The van der Waals surface area contributed by atoms with E-state index in [0.29, 0.717) is 47.2 Å². The van der Waals surface area contributed by atoms with Crippen molar-refractivity contribution in [3.63, 3.8) is 0 Å². The summed E-state index contributed by atoms with van der Waals surface area (Å²) >= 11 is 0. The van der Waals surface area contributed by atoms with Crippen LogP contribution in [0.3, 0.4) is 0 Å². The number of benzene rings is 4. The maximum atomic E-state index is 13.5. The molecule has 39 heavy (non-hydrogen) atoms. The van der Waals surface area contributed by atoms with Gasteiger partial charge in [-0.25, -0.2) is 14.4 Å². The minimum Gasteiger partial charge on any atom is -0.481 e. The lowest BCUT2D eigenvalue weighted by molar-refractivity contribution is -0.137. The zero-order valence-corrected chi connectivity index (χ0v) is 21.5. The van der Waals surface area contributed by atoms with E-state index in [4.69, 9.17) is 15.1 Å². The maximum absolute atomic E-state index is 13.5. The van der Waals surface area contributed by atoms with E-state index in [1.807, 2.05) is 31.2 Å². The Morgan fingerprint density at radius 1 is 0.897 bits per heavy atom. The van der Waals surface area contributed by atoms with Crippen molar-refractivity contribution < 1.29 is 19.1 Å². The number of carbonyl (C=O) groups excluding carboxylic acids is 1. The summed E-state index contributed by atoms with van der Waals surface area (Å²) in [5, 5.41) is 14.3. The number of rotatable bonds is 9. The number of aromatic nitrogens is 2. The maximum Gasteiger partial charge on any atom is 0.303 e. The van der Waals surface area contributed by atoms with Gasteiger partial charge in [0.1, 0.15) is 5.82 Å². The summed E-state index contributed by atoms with van der Waals surface area (Å²) in [6.45, 7) is 1.96. The molecule has 0 unspecified atom stereocenters. The molecule has 1 heterocycles. The highest BCUT2D eigenvalue weighted by Gasteiger charge is 2.16. The zero-order chi connectivity index (χ0) is 27.4. The fourth-order valence-electron chi connectivity index (χ4n) is 4.80. The van der Waals surface area contributed by atoms with Gasteiger partial charge in [-0.2, -0.15) is 0 Å². The number of fused-ring (bicyclic) bond motifs is 2. The quantitative estimate of drug-likeness (QED) is 0.206. The minimum atomic E-state index is -0.841. The van der Waals surface area contributed by atoms with Crippen LogP contribution in [-0.4, -0.2) is 27.0 Å². The van der Waals surface area contributed by atoms with E-state index in [1.165, 1.54) is 12.1 Å². The monoisotopic (exact) mass is 521 g/mol. The van der Waals surface area contributed by atoms with Crippen molar-refractivity contribution in [1.29, 1.82) is 0 Å². The van der Waals surface area contributed by atoms with Crippen molar-refractivity contribution in [2.45, 2.75) is 38.6 Å². The van der Waals surface area contributed by atoms with E-state index in [0.717, 1.165) is 21.9 Å². The van der Waals surface area contributed by atoms with Gasteiger partial charge in [0.15, 0.2) is 0 Å². The molecule has 0 saturated carbocycles. The second kappa shape index (κ2) is 11.4. The number of amides is 1. The fraction of sp³-hybridized carbons (Fsp3) is 0.188. The first-order valence-electron chi connectivity index (χ1n) is 13.0. The third-order valence-electron chi connectivity index (χ3n) is 6.81. The molecular weight excluding hydrogens is 493 g/mol. The largest absolute Gasteiger partial charge is 0.481 e. The van der Waals surface area contributed by atoms with Crippen molar-refractivity contribution in [1.82, 2.24) is 15.3 Å². The van der Waals surface area contributed by atoms with Gasteiger partial charge in [-0.3, -0.25) is 9.59 Å². The summed E-state index contributed by atoms with van der Waals surface area (Å²) in [5.74, 6) is -1.40. The molecule has 1 atom stereocenters. The van der Waals surface area contributed by atoms with E-state index in [-0.39, 0.29) is 24.2 Å². The molecule has 0 bridgehead atoms. The third kappa shape index (κ3) is 5.93. The van der Waals surface area contributed by atoms with Crippen LogP contribution in [-0.2, 0) is 11.2 Å². The Morgan fingerprint density at radius 3 is 2.46 bits per heavy atom. The lowest BCUT2D eigenvalue weighted by Gasteiger charge is -2.17. The minimum absolute atomic E-state index is 0.0755. The molecule has 1 aromatic heterocycles. The molecule has 7 heteroatoms. The number of hydrogen-bond acceptors (Lipinski definition) is 4. The number of nitrogens with one attached hydrogen (secondary N) is 1. The highest BCUT2D eigenvalue weighted by Crippen LogP contribution is 2.27. The molecule has 0 fully saturated rings. The number of unbranched alkanes of at least 4 members (excludes halogenated alkanes) is 1. The molecule has 5 rings (SSSR count). The van der Waals surface area contributed by atoms with Crippen molar-refractivity contribution in [2.75, 3.05) is 0 Å². The second-order valence-electron chi connectivity index (χ2n) is 9.59. The van der Waals surface area contributed by atoms with Gasteiger partial charge in [-0.15, -0.1) is 0 Å². The Labute approximate surface area is 225 Å². The average molecular weight is 522 g/mol. The van der Waals surface area contributed by atoms with Crippen LogP contribution in [0.25, 0.3) is 33.1 Å². The molecule has 6 nitrogen and oxygen atoms in total. The third-order valence-corrected chi connectivity index (χ3v) is 6.81. The summed E-state index contributed by atoms with van der Waals surface area (Å²) in [5.41, 5.74) is 4.72. The SMILES string of the molecule is C[C@H](NC(=O)c1ccc2nc(-c3ccc(F)cc3)c(CCCCC(=O)O)nc2c1)c1cccc2ccccc12. The number of aliphatic carboxylic acids is 1. The summed E-state index contributed by atoms with van der Waals surface area (Å²) in [6.07, 6.45) is 1.71. The van der Waals surface area contributed by atoms with Gasteiger partial charge >= 0.3 is 5.97 Å². The topological polar surface area (TPSA) is 92.2 Å². The van der Waals surface area contributed by atoms with E-state index in [1.54, 1.807) is 30.3 Å². The molecule has 0 aliphatic rings. The van der Waals surface area contributed by atoms with Crippen molar-refractivity contribution >= 4 is 33.7 Å². The number of carbonyl (C=O) groups is 2. The van der Waals surface area contributed by atoms with Crippen LogP contribution < -0.4 is 5.32 Å². The predicted molar refractivity (Wildman–Crippen MR) is 150 cm³/mol. The lowest BCUT2D eigenvalue weighted by atomic mass is 9.99. The van der Waals surface area contributed by atoms with Gasteiger partial charge in [0.05, 0.1) is 28.5 Å². The smallest absolute Gasteiger partial charge is 0.303 e. The van der Waals surface area contributed by atoms with Crippen LogP contribution in [0.2, 0.25) is 0 Å². The highest BCUT2D eigenvalue weighted by atomic mass is 19.1. The molecule has 0 saturated heterocycles. The molecular formula is C32H28FN3O3. The standard InChI is InChI=1S/C32H28FN3O3/c1-20(25-10-6-8-21-7-2-3-9-26(21)25)34-32(39)23-15-18-27-29(19-23)35-28(11-4-5-12-30(37)38)31(36-27)22-13-16-24(33)17-14-22/h2-3,6-10,13-20H,4-5,11-12H2,1H3,(H,34,39)(H,37,38)/t20-/m0/s1. The average Bonchev–Trinajstić information content (AvgIpc) is 2.94. The number of nitrogens with zero attached hydrogens (tertiary/aromatic N) is 2. The summed E-state index contributed by atoms with van der Waals surface area (Å²) in [4.78, 5) is 33.8. The molecule has 5 aromatic rings. The van der Waals surface area contributed by atoms with Gasteiger partial charge in [-0.05, 0) is 85.0 Å². The lowest BCUT2D eigenvalue weighted by Crippen LogP contribution is -2.26. The molecule has 2 N–H and O–H groups in total. The normalized spacial score (nSPS) is 11.9. The van der Waals surface area contributed by atoms with Crippen molar-refractivity contribution in [3.8, 4) is 11.3 Å². The van der Waals surface area contributed by atoms with Gasteiger partial charge in [-0.1, -0.05) is 42.5 Å². The van der Waals surface area contributed by atoms with Crippen molar-refractivity contribution in [2.24, 2.45) is 0 Å². The molecule has 0 aliphatic carbocycles. The number of carboxylic acids is 1. The zero-order valence-electron chi connectivity index (χ0n) is 21.5. The Bertz CT molecular complexity index is 1660. The summed E-state index contributed by atoms with van der Waals surface area (Å²) in [7, 11) is 0. The number of aryl methyl sites for hydroxylation is 1. The van der Waals surface area contributed by atoms with Crippen LogP contribution in [0, 0.1) is 5.82 Å². The van der Waals surface area contributed by atoms with E-state index >= 15 is 0 Å². The van der Waals surface area contributed by atoms with Gasteiger partial charge in [0.25, 0.3) is 5.91 Å². The first-order chi connectivity index (χ1) is 18.9. The second-order valence-corrected chi connectivity index (χ2v) is 9.59. The summed E-state index contributed by atoms with van der Waals surface area (Å²) in [6, 6.07) is 25.2. The van der Waals surface area contributed by atoms with E-state index < -0.39 is 5.97 Å². The number of hydrogen-bond donors (Lipinski definition) is 2. The van der Waals surface area contributed by atoms with Gasteiger partial charge in [0.2, 0.25) is 0 Å². The molecule has 1 amide bonds. The van der Waals surface area contributed by atoms with Gasteiger partial charge < -0.3 is 10.4 Å². The molecule has 0 radical (unpaired) electrons. The van der Waals surface area contributed by atoms with E-state index in [9.17, 15) is 14.0 Å². The Kier molecular flexibility index (Phi) is 7.59. The Morgan fingerprint density at radius 2 is 1.67 bits per heavy atom. The van der Waals surface area contributed by atoms with E-state index in [2.05, 4.69) is 23.5 Å². The molecule has 4 aromatic carbocycles. The van der Waals surface area contributed by atoms with Crippen LogP contribution in [0.5, 0.6) is 0 Å². The predicted octanol–water partition coefficient (Wildman–Crippen LogP) is 6.88. The number of carboxylic acid groups (broad SMARTS) is 1. The summed E-state index contributed by atoms with van der Waals surface area (Å²) < 4.78 is 13.5. The molecule has 196 valence electrons. The van der Waals surface area contributed by atoms with Crippen LogP contribution in [0.15, 0.2) is 84.9 Å². The molecule has 0 aliphatic heterocycles. The fourth-order valence-corrected chi connectivity index (χ4v) is 4.80.